The quantitative estimate of drug-likeness (QED) is 0.701. The first-order valence-electron chi connectivity index (χ1n) is 8.81. The molecule has 0 radical (unpaired) electrons. The summed E-state index contributed by atoms with van der Waals surface area (Å²) in [5.74, 6) is -1.57. The number of hydrogen-bond donors (Lipinski definition) is 2. The van der Waals surface area contributed by atoms with E-state index in [1.807, 2.05) is 19.1 Å². The SMILES string of the molecule is Cc1ccc(N2NC(C(=O)NCC(=O)OCc3ccc(Cl)cc3)=NCC2=O)cc1. The summed E-state index contributed by atoms with van der Waals surface area (Å²) in [6, 6.07) is 14.1. The predicted molar refractivity (Wildman–Crippen MR) is 108 cm³/mol. The van der Waals surface area contributed by atoms with E-state index < -0.39 is 11.9 Å². The number of aliphatic imine (C=N–C) groups is 1. The van der Waals surface area contributed by atoms with Crippen LogP contribution in [0.3, 0.4) is 0 Å². The first-order chi connectivity index (χ1) is 13.9. The first kappa shape index (κ1) is 20.3. The number of anilines is 1. The average molecular weight is 415 g/mol. The van der Waals surface area contributed by atoms with Crippen LogP contribution in [0, 0.1) is 6.92 Å². The molecular formula is C20H19ClN4O4. The highest BCUT2D eigenvalue weighted by Gasteiger charge is 2.25. The Morgan fingerprint density at radius 3 is 2.55 bits per heavy atom. The Labute approximate surface area is 172 Å². The van der Waals surface area contributed by atoms with Crippen molar-refractivity contribution < 1.29 is 19.1 Å². The standard InChI is InChI=1S/C20H19ClN4O4/c1-13-2-8-16(9-3-13)25-17(26)10-22-19(24-25)20(28)23-11-18(27)29-12-14-4-6-15(21)7-5-14/h2-9H,10-12H2,1H3,(H,22,24)(H,23,28). The summed E-state index contributed by atoms with van der Waals surface area (Å²) in [6.45, 7) is 1.50. The van der Waals surface area contributed by atoms with Gasteiger partial charge in [-0.25, -0.2) is 5.01 Å². The van der Waals surface area contributed by atoms with Gasteiger partial charge in [-0.05, 0) is 36.8 Å². The third-order valence-corrected chi connectivity index (χ3v) is 4.31. The maximum Gasteiger partial charge on any atom is 0.325 e. The van der Waals surface area contributed by atoms with Gasteiger partial charge in [-0.2, -0.15) is 0 Å². The molecule has 0 saturated carbocycles. The fraction of sp³-hybridized carbons (Fsp3) is 0.200. The maximum absolute atomic E-state index is 12.3. The minimum atomic E-state index is -0.613. The van der Waals surface area contributed by atoms with Gasteiger partial charge in [0.1, 0.15) is 19.7 Å². The molecule has 8 nitrogen and oxygen atoms in total. The molecule has 0 aromatic heterocycles. The lowest BCUT2D eigenvalue weighted by Gasteiger charge is -2.27. The van der Waals surface area contributed by atoms with Crippen molar-refractivity contribution in [2.24, 2.45) is 4.99 Å². The number of carbonyl (C=O) groups excluding carboxylic acids is 3. The molecule has 0 saturated heterocycles. The molecule has 0 unspecified atom stereocenters. The molecule has 0 bridgehead atoms. The summed E-state index contributed by atoms with van der Waals surface area (Å²) < 4.78 is 5.10. The van der Waals surface area contributed by atoms with E-state index in [1.54, 1.807) is 36.4 Å². The smallest absolute Gasteiger partial charge is 0.325 e. The molecule has 1 heterocycles. The van der Waals surface area contributed by atoms with Crippen LogP contribution in [-0.4, -0.2) is 36.7 Å². The topological polar surface area (TPSA) is 100 Å². The molecule has 1 aliphatic heterocycles. The monoisotopic (exact) mass is 414 g/mol. The molecule has 2 amide bonds. The second-order valence-corrected chi connectivity index (χ2v) is 6.75. The number of amidine groups is 1. The zero-order chi connectivity index (χ0) is 20.8. The van der Waals surface area contributed by atoms with Gasteiger partial charge in [-0.3, -0.25) is 24.8 Å². The number of nitrogens with zero attached hydrogens (tertiary/aromatic N) is 2. The van der Waals surface area contributed by atoms with Crippen LogP contribution in [0.15, 0.2) is 53.5 Å². The van der Waals surface area contributed by atoms with E-state index in [-0.39, 0.29) is 31.4 Å². The van der Waals surface area contributed by atoms with E-state index in [2.05, 4.69) is 15.7 Å². The van der Waals surface area contributed by atoms with Crippen LogP contribution in [0.2, 0.25) is 5.02 Å². The molecule has 0 aliphatic carbocycles. The fourth-order valence-corrected chi connectivity index (χ4v) is 2.60. The number of amides is 2. The van der Waals surface area contributed by atoms with Gasteiger partial charge in [-0.1, -0.05) is 41.4 Å². The Balaban J connectivity index is 1.50. The molecule has 2 aromatic rings. The zero-order valence-electron chi connectivity index (χ0n) is 15.6. The molecule has 0 atom stereocenters. The van der Waals surface area contributed by atoms with E-state index in [1.165, 1.54) is 5.01 Å². The second kappa shape index (κ2) is 9.20. The van der Waals surface area contributed by atoms with Crippen LogP contribution in [0.25, 0.3) is 0 Å². The number of esters is 1. The number of carbonyl (C=O) groups is 3. The Morgan fingerprint density at radius 1 is 1.17 bits per heavy atom. The van der Waals surface area contributed by atoms with Crippen molar-refractivity contribution in [3.8, 4) is 0 Å². The summed E-state index contributed by atoms with van der Waals surface area (Å²) in [4.78, 5) is 40.2. The van der Waals surface area contributed by atoms with Crippen molar-refractivity contribution in [2.75, 3.05) is 18.1 Å². The van der Waals surface area contributed by atoms with Crippen molar-refractivity contribution in [2.45, 2.75) is 13.5 Å². The van der Waals surface area contributed by atoms with Crippen molar-refractivity contribution in [1.29, 1.82) is 0 Å². The number of hydrazine groups is 1. The largest absolute Gasteiger partial charge is 0.460 e. The Kier molecular flexibility index (Phi) is 6.46. The van der Waals surface area contributed by atoms with Crippen molar-refractivity contribution in [1.82, 2.24) is 10.7 Å². The highest BCUT2D eigenvalue weighted by molar-refractivity contribution is 6.39. The Morgan fingerprint density at radius 2 is 1.86 bits per heavy atom. The second-order valence-electron chi connectivity index (χ2n) is 6.31. The summed E-state index contributed by atoms with van der Waals surface area (Å²) in [5.41, 5.74) is 5.09. The van der Waals surface area contributed by atoms with Crippen LogP contribution in [-0.2, 0) is 25.7 Å². The number of benzene rings is 2. The lowest BCUT2D eigenvalue weighted by atomic mass is 10.2. The summed E-state index contributed by atoms with van der Waals surface area (Å²) in [6.07, 6.45) is 0. The Hall–Kier alpha value is -3.39. The number of rotatable bonds is 6. The van der Waals surface area contributed by atoms with Gasteiger partial charge in [0.05, 0.1) is 5.69 Å². The van der Waals surface area contributed by atoms with Crippen molar-refractivity contribution >= 4 is 40.9 Å². The molecule has 0 fully saturated rings. The van der Waals surface area contributed by atoms with E-state index in [0.29, 0.717) is 10.7 Å². The zero-order valence-corrected chi connectivity index (χ0v) is 16.4. The molecule has 29 heavy (non-hydrogen) atoms. The third kappa shape index (κ3) is 5.55. The molecular weight excluding hydrogens is 396 g/mol. The predicted octanol–water partition coefficient (Wildman–Crippen LogP) is 1.76. The Bertz CT molecular complexity index is 942. The normalized spacial score (nSPS) is 13.4. The van der Waals surface area contributed by atoms with Gasteiger partial charge in [-0.15, -0.1) is 0 Å². The highest BCUT2D eigenvalue weighted by atomic mass is 35.5. The minimum Gasteiger partial charge on any atom is -0.460 e. The summed E-state index contributed by atoms with van der Waals surface area (Å²) in [5, 5.41) is 4.27. The molecule has 0 spiro atoms. The maximum atomic E-state index is 12.3. The number of aryl methyl sites for hydroxylation is 1. The molecule has 1 aliphatic rings. The van der Waals surface area contributed by atoms with Crippen molar-refractivity contribution in [3.63, 3.8) is 0 Å². The lowest BCUT2D eigenvalue weighted by Crippen LogP contribution is -2.56. The van der Waals surface area contributed by atoms with Gasteiger partial charge in [0, 0.05) is 5.02 Å². The third-order valence-electron chi connectivity index (χ3n) is 4.05. The number of halogens is 1. The van der Waals surface area contributed by atoms with Gasteiger partial charge >= 0.3 is 5.97 Å². The number of ether oxygens (including phenoxy) is 1. The van der Waals surface area contributed by atoms with E-state index >= 15 is 0 Å². The molecule has 3 rings (SSSR count). The van der Waals surface area contributed by atoms with Gasteiger partial charge < -0.3 is 10.1 Å². The van der Waals surface area contributed by atoms with Gasteiger partial charge in [0.15, 0.2) is 0 Å². The lowest BCUT2D eigenvalue weighted by molar-refractivity contribution is -0.144. The fourth-order valence-electron chi connectivity index (χ4n) is 2.48. The molecule has 2 aromatic carbocycles. The molecule has 150 valence electrons. The van der Waals surface area contributed by atoms with Crippen LogP contribution in [0.4, 0.5) is 5.69 Å². The van der Waals surface area contributed by atoms with E-state index in [9.17, 15) is 14.4 Å². The van der Waals surface area contributed by atoms with Crippen LogP contribution in [0.1, 0.15) is 11.1 Å². The van der Waals surface area contributed by atoms with Gasteiger partial charge in [0.2, 0.25) is 5.84 Å². The number of hydrogen-bond acceptors (Lipinski definition) is 6. The first-order valence-corrected chi connectivity index (χ1v) is 9.19. The van der Waals surface area contributed by atoms with E-state index in [0.717, 1.165) is 11.1 Å². The minimum absolute atomic E-state index is 0.0596. The van der Waals surface area contributed by atoms with Gasteiger partial charge in [0.25, 0.3) is 11.8 Å². The molecule has 9 heteroatoms. The van der Waals surface area contributed by atoms with Crippen LogP contribution < -0.4 is 15.8 Å². The van der Waals surface area contributed by atoms with Crippen molar-refractivity contribution in [3.05, 3.63) is 64.7 Å². The van der Waals surface area contributed by atoms with Crippen LogP contribution >= 0.6 is 11.6 Å². The average Bonchev–Trinajstić information content (AvgIpc) is 2.72. The molecule has 2 N–H and O–H groups in total. The van der Waals surface area contributed by atoms with Crippen LogP contribution in [0.5, 0.6) is 0 Å². The number of nitrogens with one attached hydrogen (secondary N) is 2. The summed E-state index contributed by atoms with van der Waals surface area (Å²) >= 11 is 5.80. The highest BCUT2D eigenvalue weighted by Crippen LogP contribution is 2.15. The van der Waals surface area contributed by atoms with E-state index in [4.69, 9.17) is 16.3 Å². The summed E-state index contributed by atoms with van der Waals surface area (Å²) in [7, 11) is 0.